The molecule has 3 N–H and O–H groups in total. The SMILES string of the molecule is NS(=O)(=O)c1cnc(OCC2CCC3(CC2)CNC(=O)O3)c(Cl)c1. The molecule has 0 aromatic carbocycles. The topological polar surface area (TPSA) is 121 Å². The number of nitrogens with two attached hydrogens (primary N) is 1. The second kappa shape index (κ2) is 6.38. The third kappa shape index (κ3) is 3.73. The standard InChI is InChI=1S/C14H18ClN3O5S/c15-11-5-10(24(16,20)21)6-17-12(11)22-7-9-1-3-14(4-2-9)8-18-13(19)23-14/h5-6,9H,1-4,7-8H2,(H,18,19)(H2,16,20,21). The van der Waals surface area contributed by atoms with Crippen molar-refractivity contribution in [3.63, 3.8) is 0 Å². The van der Waals surface area contributed by atoms with Crippen LogP contribution in [-0.4, -0.2) is 38.2 Å². The average Bonchev–Trinajstić information content (AvgIpc) is 2.88. The molecule has 2 heterocycles. The summed E-state index contributed by atoms with van der Waals surface area (Å²) in [5.41, 5.74) is -0.374. The lowest BCUT2D eigenvalue weighted by Gasteiger charge is -2.34. The maximum atomic E-state index is 11.2. The van der Waals surface area contributed by atoms with Crippen molar-refractivity contribution in [2.24, 2.45) is 11.1 Å². The Bertz CT molecular complexity index is 747. The van der Waals surface area contributed by atoms with Crippen LogP contribution in [0.4, 0.5) is 4.79 Å². The molecule has 1 aliphatic heterocycles. The number of carbonyl (C=O) groups is 1. The van der Waals surface area contributed by atoms with Gasteiger partial charge in [0.1, 0.15) is 15.5 Å². The number of pyridine rings is 1. The van der Waals surface area contributed by atoms with E-state index < -0.39 is 10.0 Å². The highest BCUT2D eigenvalue weighted by molar-refractivity contribution is 7.89. The van der Waals surface area contributed by atoms with Gasteiger partial charge in [-0.1, -0.05) is 11.6 Å². The van der Waals surface area contributed by atoms with Crippen LogP contribution in [0.3, 0.4) is 0 Å². The minimum absolute atomic E-state index is 0.0997. The fraction of sp³-hybridized carbons (Fsp3) is 0.571. The summed E-state index contributed by atoms with van der Waals surface area (Å²) < 4.78 is 33.5. The van der Waals surface area contributed by atoms with Gasteiger partial charge in [-0.2, -0.15) is 0 Å². The van der Waals surface area contributed by atoms with Crippen molar-refractivity contribution in [1.29, 1.82) is 0 Å². The monoisotopic (exact) mass is 375 g/mol. The molecule has 24 heavy (non-hydrogen) atoms. The number of hydrogen-bond donors (Lipinski definition) is 2. The number of halogens is 1. The molecule has 0 unspecified atom stereocenters. The predicted octanol–water partition coefficient (Wildman–Crippen LogP) is 1.43. The smallest absolute Gasteiger partial charge is 0.407 e. The number of sulfonamides is 1. The van der Waals surface area contributed by atoms with Gasteiger partial charge in [0.05, 0.1) is 19.3 Å². The summed E-state index contributed by atoms with van der Waals surface area (Å²) in [6.45, 7) is 0.973. The third-order valence-electron chi connectivity index (χ3n) is 4.45. The molecule has 1 spiro atoms. The van der Waals surface area contributed by atoms with Gasteiger partial charge in [-0.05, 0) is 37.7 Å². The number of amides is 1. The quantitative estimate of drug-likeness (QED) is 0.821. The first kappa shape index (κ1) is 17.2. The molecular weight excluding hydrogens is 358 g/mol. The highest BCUT2D eigenvalue weighted by atomic mass is 35.5. The molecular formula is C14H18ClN3O5S. The Labute approximate surface area is 144 Å². The lowest BCUT2D eigenvalue weighted by molar-refractivity contribution is 0.00695. The Hall–Kier alpha value is -1.58. The van der Waals surface area contributed by atoms with Crippen LogP contribution in [-0.2, 0) is 14.8 Å². The Morgan fingerprint density at radius 3 is 2.71 bits per heavy atom. The van der Waals surface area contributed by atoms with Gasteiger partial charge in [0.25, 0.3) is 0 Å². The molecule has 2 fully saturated rings. The van der Waals surface area contributed by atoms with Crippen molar-refractivity contribution >= 4 is 27.7 Å². The fourth-order valence-electron chi connectivity index (χ4n) is 3.02. The van der Waals surface area contributed by atoms with Crippen molar-refractivity contribution in [2.75, 3.05) is 13.2 Å². The van der Waals surface area contributed by atoms with Gasteiger partial charge in [-0.25, -0.2) is 23.3 Å². The van der Waals surface area contributed by atoms with Gasteiger partial charge >= 0.3 is 6.09 Å². The van der Waals surface area contributed by atoms with Crippen LogP contribution in [0.5, 0.6) is 5.88 Å². The lowest BCUT2D eigenvalue weighted by Crippen LogP contribution is -2.38. The van der Waals surface area contributed by atoms with Gasteiger partial charge in [0, 0.05) is 0 Å². The number of primary sulfonamides is 1. The van der Waals surface area contributed by atoms with E-state index >= 15 is 0 Å². The molecule has 10 heteroatoms. The Morgan fingerprint density at radius 1 is 1.46 bits per heavy atom. The number of carbonyl (C=O) groups excluding carboxylic acids is 1. The van der Waals surface area contributed by atoms with Crippen molar-refractivity contribution in [3.8, 4) is 5.88 Å². The predicted molar refractivity (Wildman–Crippen MR) is 85.3 cm³/mol. The number of hydrogen-bond acceptors (Lipinski definition) is 6. The van der Waals surface area contributed by atoms with Crippen LogP contribution in [0.1, 0.15) is 25.7 Å². The largest absolute Gasteiger partial charge is 0.476 e. The molecule has 1 amide bonds. The molecule has 0 atom stereocenters. The first-order chi connectivity index (χ1) is 11.3. The zero-order valence-corrected chi connectivity index (χ0v) is 14.4. The zero-order valence-electron chi connectivity index (χ0n) is 12.8. The van der Waals surface area contributed by atoms with Crippen LogP contribution in [0.25, 0.3) is 0 Å². The number of nitrogens with zero attached hydrogens (tertiary/aromatic N) is 1. The van der Waals surface area contributed by atoms with E-state index in [0.29, 0.717) is 19.1 Å². The van der Waals surface area contributed by atoms with E-state index in [4.69, 9.17) is 26.2 Å². The molecule has 0 radical (unpaired) electrons. The molecule has 1 saturated heterocycles. The molecule has 1 aromatic heterocycles. The normalized spacial score (nSPS) is 26.9. The molecule has 1 aliphatic carbocycles. The van der Waals surface area contributed by atoms with E-state index in [1.807, 2.05) is 0 Å². The van der Waals surface area contributed by atoms with Crippen molar-refractivity contribution < 1.29 is 22.7 Å². The fourth-order valence-corrected chi connectivity index (χ4v) is 3.79. The Balaban J connectivity index is 1.55. The number of ether oxygens (including phenoxy) is 2. The number of alkyl carbamates (subject to hydrolysis) is 1. The van der Waals surface area contributed by atoms with Gasteiger partial charge in [0.15, 0.2) is 0 Å². The van der Waals surface area contributed by atoms with Crippen molar-refractivity contribution in [1.82, 2.24) is 10.3 Å². The summed E-state index contributed by atoms with van der Waals surface area (Å²) >= 11 is 5.99. The summed E-state index contributed by atoms with van der Waals surface area (Å²) in [6, 6.07) is 1.22. The second-order valence-electron chi connectivity index (χ2n) is 6.18. The van der Waals surface area contributed by atoms with Crippen molar-refractivity contribution in [2.45, 2.75) is 36.2 Å². The van der Waals surface area contributed by atoms with E-state index in [2.05, 4.69) is 10.3 Å². The zero-order chi connectivity index (χ0) is 17.4. The first-order valence-electron chi connectivity index (χ1n) is 7.55. The van der Waals surface area contributed by atoms with Gasteiger partial charge in [-0.3, -0.25) is 0 Å². The molecule has 1 saturated carbocycles. The maximum absolute atomic E-state index is 11.2. The molecule has 0 bridgehead atoms. The van der Waals surface area contributed by atoms with Crippen LogP contribution in [0.15, 0.2) is 17.2 Å². The minimum atomic E-state index is -3.84. The van der Waals surface area contributed by atoms with E-state index in [1.54, 1.807) is 0 Å². The maximum Gasteiger partial charge on any atom is 0.407 e. The van der Waals surface area contributed by atoms with Crippen molar-refractivity contribution in [3.05, 3.63) is 17.3 Å². The summed E-state index contributed by atoms with van der Waals surface area (Å²) in [6.07, 6.45) is 4.06. The summed E-state index contributed by atoms with van der Waals surface area (Å²) in [7, 11) is -3.84. The van der Waals surface area contributed by atoms with E-state index in [-0.39, 0.29) is 27.5 Å². The highest BCUT2D eigenvalue weighted by Crippen LogP contribution is 2.37. The van der Waals surface area contributed by atoms with Gasteiger partial charge in [-0.15, -0.1) is 0 Å². The number of rotatable bonds is 4. The van der Waals surface area contributed by atoms with Gasteiger partial charge in [0.2, 0.25) is 15.9 Å². The first-order valence-corrected chi connectivity index (χ1v) is 9.48. The molecule has 2 aliphatic rings. The lowest BCUT2D eigenvalue weighted by atomic mass is 9.79. The van der Waals surface area contributed by atoms with E-state index in [9.17, 15) is 13.2 Å². The minimum Gasteiger partial charge on any atom is -0.476 e. The van der Waals surface area contributed by atoms with Crippen LogP contribution < -0.4 is 15.2 Å². The van der Waals surface area contributed by atoms with Crippen LogP contribution in [0, 0.1) is 5.92 Å². The number of nitrogens with one attached hydrogen (secondary N) is 1. The van der Waals surface area contributed by atoms with Crippen LogP contribution in [0.2, 0.25) is 5.02 Å². The van der Waals surface area contributed by atoms with E-state index in [0.717, 1.165) is 31.9 Å². The number of aromatic nitrogens is 1. The summed E-state index contributed by atoms with van der Waals surface area (Å²) in [4.78, 5) is 15.0. The molecule has 8 nitrogen and oxygen atoms in total. The highest BCUT2D eigenvalue weighted by Gasteiger charge is 2.43. The van der Waals surface area contributed by atoms with Gasteiger partial charge < -0.3 is 14.8 Å². The van der Waals surface area contributed by atoms with E-state index in [1.165, 1.54) is 6.07 Å². The summed E-state index contributed by atoms with van der Waals surface area (Å²) in [5, 5.41) is 7.82. The molecule has 1 aromatic rings. The average molecular weight is 376 g/mol. The second-order valence-corrected chi connectivity index (χ2v) is 8.15. The Morgan fingerprint density at radius 2 is 2.17 bits per heavy atom. The Kier molecular flexibility index (Phi) is 4.58. The van der Waals surface area contributed by atoms with Crippen LogP contribution >= 0.6 is 11.6 Å². The molecule has 3 rings (SSSR count). The molecule has 132 valence electrons. The third-order valence-corrected chi connectivity index (χ3v) is 5.60. The summed E-state index contributed by atoms with van der Waals surface area (Å²) in [5.74, 6) is 0.476.